The van der Waals surface area contributed by atoms with Crippen LogP contribution in [-0.4, -0.2) is 37.1 Å². The topological polar surface area (TPSA) is 108 Å². The number of carbonyl (C=O) groups excluding carboxylic acids is 2. The molecule has 1 aromatic rings. The summed E-state index contributed by atoms with van der Waals surface area (Å²) in [5.41, 5.74) is 0.299. The van der Waals surface area contributed by atoms with Crippen molar-refractivity contribution in [1.82, 2.24) is 5.32 Å². The molecule has 1 aromatic carbocycles. The maximum atomic E-state index is 11.6. The van der Waals surface area contributed by atoms with Crippen LogP contribution in [0.5, 0.6) is 5.75 Å². The zero-order valence-corrected chi connectivity index (χ0v) is 11.9. The van der Waals surface area contributed by atoms with Crippen LogP contribution in [0.3, 0.4) is 0 Å². The fourth-order valence-corrected chi connectivity index (χ4v) is 1.82. The highest BCUT2D eigenvalue weighted by atomic mass is 16.6. The molecule has 0 saturated carbocycles. The maximum absolute atomic E-state index is 11.6. The minimum absolute atomic E-state index is 0.0804. The average Bonchev–Trinajstić information content (AvgIpc) is 2.45. The van der Waals surface area contributed by atoms with E-state index in [0.29, 0.717) is 5.56 Å². The molecular weight excluding hydrogens is 280 g/mol. The van der Waals surface area contributed by atoms with E-state index in [0.717, 1.165) is 0 Å². The molecule has 8 nitrogen and oxygen atoms in total. The Bertz CT molecular complexity index is 558. The molecule has 0 fully saturated rings. The lowest BCUT2D eigenvalue weighted by Crippen LogP contribution is -2.41. The quantitative estimate of drug-likeness (QED) is 0.473. The van der Waals surface area contributed by atoms with Crippen molar-refractivity contribution < 1.29 is 24.0 Å². The highest BCUT2D eigenvalue weighted by Gasteiger charge is 2.23. The number of hydrogen-bond donors (Lipinski definition) is 1. The number of hydrogen-bond acceptors (Lipinski definition) is 6. The number of nitrogens with zero attached hydrogens (tertiary/aromatic N) is 1. The minimum atomic E-state index is -0.902. The highest BCUT2D eigenvalue weighted by molar-refractivity contribution is 5.83. The van der Waals surface area contributed by atoms with Crippen LogP contribution in [0.1, 0.15) is 12.5 Å². The van der Waals surface area contributed by atoms with Crippen molar-refractivity contribution >= 4 is 17.6 Å². The lowest BCUT2D eigenvalue weighted by Gasteiger charge is -2.15. The summed E-state index contributed by atoms with van der Waals surface area (Å²) in [4.78, 5) is 33.1. The van der Waals surface area contributed by atoms with Crippen LogP contribution < -0.4 is 10.1 Å². The number of methoxy groups -OCH3 is 2. The van der Waals surface area contributed by atoms with E-state index in [1.807, 2.05) is 0 Å². The van der Waals surface area contributed by atoms with E-state index in [2.05, 4.69) is 10.1 Å². The fraction of sp³-hybridized carbons (Fsp3) is 0.385. The first-order chi connectivity index (χ1) is 9.88. The summed E-state index contributed by atoms with van der Waals surface area (Å²) in [7, 11) is 2.53. The summed E-state index contributed by atoms with van der Waals surface area (Å²) < 4.78 is 9.49. The number of rotatable bonds is 6. The monoisotopic (exact) mass is 296 g/mol. The van der Waals surface area contributed by atoms with Crippen LogP contribution in [-0.2, 0) is 20.7 Å². The number of nitrogens with one attached hydrogen (secondary N) is 1. The van der Waals surface area contributed by atoms with E-state index >= 15 is 0 Å². The number of carbonyl (C=O) groups is 2. The number of nitro benzene ring substituents is 1. The van der Waals surface area contributed by atoms with Crippen LogP contribution in [0.25, 0.3) is 0 Å². The molecular formula is C13H16N2O6. The third kappa shape index (κ3) is 4.44. The normalized spacial score (nSPS) is 11.4. The first kappa shape index (κ1) is 16.4. The van der Waals surface area contributed by atoms with Crippen LogP contribution >= 0.6 is 0 Å². The Morgan fingerprint density at radius 3 is 2.52 bits per heavy atom. The molecule has 1 N–H and O–H groups in total. The molecule has 0 aliphatic heterocycles. The molecule has 0 saturated heterocycles. The number of nitro groups is 1. The van der Waals surface area contributed by atoms with Gasteiger partial charge in [0, 0.05) is 19.4 Å². The predicted molar refractivity (Wildman–Crippen MR) is 73.0 cm³/mol. The number of amides is 1. The van der Waals surface area contributed by atoms with E-state index in [1.165, 1.54) is 33.3 Å². The van der Waals surface area contributed by atoms with Gasteiger partial charge in [-0.1, -0.05) is 6.07 Å². The second kappa shape index (κ2) is 7.22. The van der Waals surface area contributed by atoms with Gasteiger partial charge in [0.05, 0.1) is 19.1 Å². The van der Waals surface area contributed by atoms with Gasteiger partial charge in [0.1, 0.15) is 6.04 Å². The third-order valence-corrected chi connectivity index (χ3v) is 2.74. The SMILES string of the molecule is COC(=O)[C@@H](Cc1ccc(OC)c([N+](=O)[O-])c1)NC(C)=O. The standard InChI is InChI=1S/C13H16N2O6/c1-8(16)14-10(13(17)21-3)6-9-4-5-12(20-2)11(7-9)15(18)19/h4-5,7,10H,6H2,1-3H3,(H,14,16)/t10-/m1/s1. The average molecular weight is 296 g/mol. The van der Waals surface area contributed by atoms with E-state index < -0.39 is 22.8 Å². The Hall–Kier alpha value is -2.64. The molecule has 0 aliphatic rings. The molecule has 1 amide bonds. The second-order valence-electron chi connectivity index (χ2n) is 4.24. The first-order valence-electron chi connectivity index (χ1n) is 6.05. The molecule has 0 aliphatic carbocycles. The Kier molecular flexibility index (Phi) is 5.65. The van der Waals surface area contributed by atoms with Gasteiger partial charge in [-0.25, -0.2) is 4.79 Å². The van der Waals surface area contributed by atoms with Crippen molar-refractivity contribution in [3.63, 3.8) is 0 Å². The summed E-state index contributed by atoms with van der Waals surface area (Å²) >= 11 is 0. The molecule has 8 heteroatoms. The van der Waals surface area contributed by atoms with E-state index in [-0.39, 0.29) is 17.9 Å². The smallest absolute Gasteiger partial charge is 0.328 e. The zero-order chi connectivity index (χ0) is 16.0. The van der Waals surface area contributed by atoms with Crippen LogP contribution in [0.2, 0.25) is 0 Å². The highest BCUT2D eigenvalue weighted by Crippen LogP contribution is 2.28. The fourth-order valence-electron chi connectivity index (χ4n) is 1.82. The Balaban J connectivity index is 3.03. The summed E-state index contributed by atoms with van der Waals surface area (Å²) in [6, 6.07) is 3.43. The van der Waals surface area contributed by atoms with Gasteiger partial charge >= 0.3 is 11.7 Å². The van der Waals surface area contributed by atoms with Crippen LogP contribution in [0, 0.1) is 10.1 Å². The Morgan fingerprint density at radius 1 is 1.38 bits per heavy atom. The lowest BCUT2D eigenvalue weighted by atomic mass is 10.0. The maximum Gasteiger partial charge on any atom is 0.328 e. The molecule has 0 aromatic heterocycles. The second-order valence-corrected chi connectivity index (χ2v) is 4.24. The number of esters is 1. The van der Waals surface area contributed by atoms with Gasteiger partial charge in [-0.3, -0.25) is 14.9 Å². The van der Waals surface area contributed by atoms with Crippen molar-refractivity contribution in [2.24, 2.45) is 0 Å². The van der Waals surface area contributed by atoms with Crippen molar-refractivity contribution in [2.75, 3.05) is 14.2 Å². The number of benzene rings is 1. The predicted octanol–water partition coefficient (Wildman–Crippen LogP) is 0.824. The molecule has 114 valence electrons. The third-order valence-electron chi connectivity index (χ3n) is 2.74. The molecule has 1 atom stereocenters. The summed E-state index contributed by atoms with van der Waals surface area (Å²) in [6.45, 7) is 1.27. The van der Waals surface area contributed by atoms with Gasteiger partial charge < -0.3 is 14.8 Å². The molecule has 0 bridgehead atoms. The summed E-state index contributed by atoms with van der Waals surface area (Å²) in [5, 5.41) is 13.4. The Labute approximate surface area is 121 Å². The largest absolute Gasteiger partial charge is 0.490 e. The molecule has 0 radical (unpaired) electrons. The Morgan fingerprint density at radius 2 is 2.05 bits per heavy atom. The van der Waals surface area contributed by atoms with Crippen molar-refractivity contribution in [3.05, 3.63) is 33.9 Å². The molecule has 0 spiro atoms. The van der Waals surface area contributed by atoms with E-state index in [4.69, 9.17) is 4.74 Å². The lowest BCUT2D eigenvalue weighted by molar-refractivity contribution is -0.385. The molecule has 21 heavy (non-hydrogen) atoms. The van der Waals surface area contributed by atoms with Crippen molar-refractivity contribution in [3.8, 4) is 5.75 Å². The van der Waals surface area contributed by atoms with Gasteiger partial charge in [0.15, 0.2) is 5.75 Å². The van der Waals surface area contributed by atoms with E-state index in [9.17, 15) is 19.7 Å². The van der Waals surface area contributed by atoms with Gasteiger partial charge in [-0.15, -0.1) is 0 Å². The van der Waals surface area contributed by atoms with Gasteiger partial charge in [0.2, 0.25) is 5.91 Å². The van der Waals surface area contributed by atoms with Crippen LogP contribution in [0.15, 0.2) is 18.2 Å². The van der Waals surface area contributed by atoms with Crippen molar-refractivity contribution in [2.45, 2.75) is 19.4 Å². The van der Waals surface area contributed by atoms with Gasteiger partial charge in [-0.2, -0.15) is 0 Å². The molecule has 0 heterocycles. The molecule has 1 rings (SSSR count). The van der Waals surface area contributed by atoms with Crippen molar-refractivity contribution in [1.29, 1.82) is 0 Å². The molecule has 0 unspecified atom stereocenters. The van der Waals surface area contributed by atoms with Crippen LogP contribution in [0.4, 0.5) is 5.69 Å². The summed E-state index contributed by atoms with van der Waals surface area (Å²) in [6.07, 6.45) is 0.0804. The summed E-state index contributed by atoms with van der Waals surface area (Å²) in [5.74, 6) is -0.894. The number of ether oxygens (including phenoxy) is 2. The van der Waals surface area contributed by atoms with Gasteiger partial charge in [0.25, 0.3) is 0 Å². The first-order valence-corrected chi connectivity index (χ1v) is 6.05. The van der Waals surface area contributed by atoms with E-state index in [1.54, 1.807) is 6.07 Å². The zero-order valence-electron chi connectivity index (χ0n) is 11.9. The van der Waals surface area contributed by atoms with Gasteiger partial charge in [-0.05, 0) is 11.6 Å². The minimum Gasteiger partial charge on any atom is -0.490 e.